The Labute approximate surface area is 173 Å². The van der Waals surface area contributed by atoms with Crippen LogP contribution in [0.5, 0.6) is 5.75 Å². The van der Waals surface area contributed by atoms with Crippen molar-refractivity contribution in [3.05, 3.63) is 30.1 Å². The maximum absolute atomic E-state index is 13.7. The lowest BCUT2D eigenvalue weighted by atomic mass is 9.83. The molecule has 0 unspecified atom stereocenters. The predicted molar refractivity (Wildman–Crippen MR) is 109 cm³/mol. The van der Waals surface area contributed by atoms with Gasteiger partial charge in [0.1, 0.15) is 6.10 Å². The van der Waals surface area contributed by atoms with E-state index in [1.807, 2.05) is 4.90 Å². The van der Waals surface area contributed by atoms with Gasteiger partial charge in [-0.2, -0.15) is 0 Å². The van der Waals surface area contributed by atoms with Crippen molar-refractivity contribution < 1.29 is 18.7 Å². The molecule has 28 heavy (non-hydrogen) atoms. The average Bonchev–Trinajstić information content (AvgIpc) is 2.69. The summed E-state index contributed by atoms with van der Waals surface area (Å²) in [6.07, 6.45) is 4.84. The predicted octanol–water partition coefficient (Wildman–Crippen LogP) is 3.54. The van der Waals surface area contributed by atoms with Gasteiger partial charge >= 0.3 is 0 Å². The molecule has 1 aromatic rings. The molecular weight excluding hydrogens is 383 g/mol. The third-order valence-corrected chi connectivity index (χ3v) is 5.60. The van der Waals surface area contributed by atoms with Crippen LogP contribution >= 0.6 is 12.4 Å². The fraction of sp³-hybridized carbons (Fsp3) is 0.667. The molecule has 1 aliphatic carbocycles. The zero-order valence-electron chi connectivity index (χ0n) is 16.5. The first kappa shape index (κ1) is 22.9. The van der Waals surface area contributed by atoms with E-state index in [1.165, 1.54) is 6.07 Å². The molecule has 1 aliphatic heterocycles. The van der Waals surface area contributed by atoms with E-state index in [9.17, 15) is 9.18 Å². The number of rotatable bonds is 6. The lowest BCUT2D eigenvalue weighted by molar-refractivity contribution is -0.139. The minimum absolute atomic E-state index is 0. The maximum atomic E-state index is 13.7. The molecule has 0 radical (unpaired) electrons. The molecule has 5 nitrogen and oxygen atoms in total. The van der Waals surface area contributed by atoms with E-state index in [1.54, 1.807) is 18.2 Å². The van der Waals surface area contributed by atoms with Gasteiger partial charge in [0, 0.05) is 44.5 Å². The second kappa shape index (κ2) is 11.0. The van der Waals surface area contributed by atoms with Gasteiger partial charge in [-0.25, -0.2) is 4.39 Å². The molecule has 1 saturated carbocycles. The summed E-state index contributed by atoms with van der Waals surface area (Å²) in [7, 11) is 0. The van der Waals surface area contributed by atoms with Crippen molar-refractivity contribution in [3.8, 4) is 5.75 Å². The number of para-hydroxylation sites is 1. The highest BCUT2D eigenvalue weighted by molar-refractivity contribution is 5.85. The standard InChI is InChI=1S/C21H31FN2O3.ClH/c1-2-13-26-20-8-7-15(14-18(20)23)21(25)24-11-9-16(10-12-24)27-19-6-4-3-5-17(19)22;/h3-6,15-16,18,20H,2,7-14,23H2,1H3;1H/t15-,18+,20+;/m0./s1. The monoisotopic (exact) mass is 414 g/mol. The van der Waals surface area contributed by atoms with Crippen molar-refractivity contribution in [2.24, 2.45) is 11.7 Å². The van der Waals surface area contributed by atoms with E-state index in [2.05, 4.69) is 6.92 Å². The highest BCUT2D eigenvalue weighted by atomic mass is 35.5. The van der Waals surface area contributed by atoms with E-state index in [4.69, 9.17) is 15.2 Å². The lowest BCUT2D eigenvalue weighted by Crippen LogP contribution is -2.49. The third-order valence-electron chi connectivity index (χ3n) is 5.60. The number of carbonyl (C=O) groups is 1. The molecular formula is C21H32ClFN2O3. The maximum Gasteiger partial charge on any atom is 0.225 e. The number of ether oxygens (including phenoxy) is 2. The van der Waals surface area contributed by atoms with Crippen LogP contribution in [0.3, 0.4) is 0 Å². The van der Waals surface area contributed by atoms with Gasteiger partial charge in [0.25, 0.3) is 0 Å². The average molecular weight is 415 g/mol. The number of carbonyl (C=O) groups excluding carboxylic acids is 1. The van der Waals surface area contributed by atoms with Gasteiger partial charge in [-0.3, -0.25) is 4.79 Å². The van der Waals surface area contributed by atoms with Crippen LogP contribution in [-0.4, -0.2) is 48.8 Å². The van der Waals surface area contributed by atoms with Crippen molar-refractivity contribution in [1.82, 2.24) is 4.90 Å². The van der Waals surface area contributed by atoms with E-state index in [0.29, 0.717) is 25.3 Å². The first-order valence-electron chi connectivity index (χ1n) is 10.2. The van der Waals surface area contributed by atoms with Gasteiger partial charge < -0.3 is 20.1 Å². The smallest absolute Gasteiger partial charge is 0.225 e. The summed E-state index contributed by atoms with van der Waals surface area (Å²) in [4.78, 5) is 14.8. The zero-order chi connectivity index (χ0) is 19.2. The molecule has 3 rings (SSSR count). The van der Waals surface area contributed by atoms with Crippen LogP contribution in [0.2, 0.25) is 0 Å². The number of nitrogens with two attached hydrogens (primary N) is 1. The minimum Gasteiger partial charge on any atom is -0.487 e. The quantitative estimate of drug-likeness (QED) is 0.773. The van der Waals surface area contributed by atoms with Crippen molar-refractivity contribution >= 4 is 18.3 Å². The van der Waals surface area contributed by atoms with Crippen molar-refractivity contribution in [2.45, 2.75) is 63.7 Å². The molecule has 7 heteroatoms. The number of hydrogen-bond acceptors (Lipinski definition) is 4. The van der Waals surface area contributed by atoms with Crippen LogP contribution in [0, 0.1) is 11.7 Å². The fourth-order valence-electron chi connectivity index (χ4n) is 4.05. The molecule has 1 aromatic carbocycles. The van der Waals surface area contributed by atoms with Gasteiger partial charge in [-0.05, 0) is 37.8 Å². The molecule has 0 aromatic heterocycles. The summed E-state index contributed by atoms with van der Waals surface area (Å²) in [6, 6.07) is 6.39. The number of nitrogens with zero attached hydrogens (tertiary/aromatic N) is 1. The molecule has 2 N–H and O–H groups in total. The fourth-order valence-corrected chi connectivity index (χ4v) is 4.05. The first-order chi connectivity index (χ1) is 13.1. The van der Waals surface area contributed by atoms with Gasteiger partial charge in [0.05, 0.1) is 6.10 Å². The largest absolute Gasteiger partial charge is 0.487 e. The Balaban J connectivity index is 0.00000280. The van der Waals surface area contributed by atoms with Crippen molar-refractivity contribution in [1.29, 1.82) is 0 Å². The molecule has 1 amide bonds. The number of hydrogen-bond donors (Lipinski definition) is 1. The molecule has 2 aliphatic rings. The number of amides is 1. The molecule has 3 atom stereocenters. The van der Waals surface area contributed by atoms with Gasteiger partial charge in [-0.1, -0.05) is 19.1 Å². The Morgan fingerprint density at radius 1 is 1.21 bits per heavy atom. The highest BCUT2D eigenvalue weighted by Crippen LogP contribution is 2.29. The van der Waals surface area contributed by atoms with Crippen LogP contribution in [-0.2, 0) is 9.53 Å². The Morgan fingerprint density at radius 3 is 2.57 bits per heavy atom. The Bertz CT molecular complexity index is 625. The second-order valence-electron chi connectivity index (χ2n) is 7.66. The normalized spacial score (nSPS) is 25.8. The summed E-state index contributed by atoms with van der Waals surface area (Å²) >= 11 is 0. The van der Waals surface area contributed by atoms with E-state index in [-0.39, 0.29) is 48.3 Å². The van der Waals surface area contributed by atoms with Gasteiger partial charge in [-0.15, -0.1) is 12.4 Å². The number of halogens is 2. The summed E-state index contributed by atoms with van der Waals surface area (Å²) in [5.74, 6) is 0.139. The van der Waals surface area contributed by atoms with Crippen molar-refractivity contribution in [2.75, 3.05) is 19.7 Å². The highest BCUT2D eigenvalue weighted by Gasteiger charge is 2.35. The first-order valence-corrected chi connectivity index (χ1v) is 10.2. The van der Waals surface area contributed by atoms with Crippen molar-refractivity contribution in [3.63, 3.8) is 0 Å². The molecule has 2 fully saturated rings. The van der Waals surface area contributed by atoms with Crippen LogP contribution in [0.1, 0.15) is 45.4 Å². The Kier molecular flexibility index (Phi) is 8.99. The van der Waals surface area contributed by atoms with E-state index >= 15 is 0 Å². The molecule has 1 saturated heterocycles. The summed E-state index contributed by atoms with van der Waals surface area (Å²) < 4.78 is 25.3. The minimum atomic E-state index is -0.341. The molecule has 0 spiro atoms. The number of benzene rings is 1. The van der Waals surface area contributed by atoms with E-state index in [0.717, 1.165) is 38.7 Å². The van der Waals surface area contributed by atoms with Gasteiger partial charge in [0.15, 0.2) is 11.6 Å². The van der Waals surface area contributed by atoms with E-state index < -0.39 is 0 Å². The van der Waals surface area contributed by atoms with Crippen LogP contribution in [0.15, 0.2) is 24.3 Å². The summed E-state index contributed by atoms with van der Waals surface area (Å²) in [5.41, 5.74) is 6.25. The van der Waals surface area contributed by atoms with Crippen LogP contribution < -0.4 is 10.5 Å². The third kappa shape index (κ3) is 5.82. The van der Waals surface area contributed by atoms with Crippen LogP contribution in [0.4, 0.5) is 4.39 Å². The zero-order valence-corrected chi connectivity index (χ0v) is 17.3. The number of likely N-dealkylation sites (tertiary alicyclic amines) is 1. The number of piperidine rings is 1. The molecule has 0 bridgehead atoms. The molecule has 1 heterocycles. The van der Waals surface area contributed by atoms with Gasteiger partial charge in [0.2, 0.25) is 5.91 Å². The topological polar surface area (TPSA) is 64.8 Å². The molecule has 158 valence electrons. The second-order valence-corrected chi connectivity index (χ2v) is 7.66. The SMILES string of the molecule is CCCO[C@@H]1CC[C@H](C(=O)N2CCC(Oc3ccccc3F)CC2)C[C@H]1N.Cl. The van der Waals surface area contributed by atoms with Crippen LogP contribution in [0.25, 0.3) is 0 Å². The summed E-state index contributed by atoms with van der Waals surface area (Å²) in [6.45, 7) is 4.12. The summed E-state index contributed by atoms with van der Waals surface area (Å²) in [5, 5.41) is 0. The Morgan fingerprint density at radius 2 is 1.93 bits per heavy atom. The Hall–Kier alpha value is -1.37. The lowest BCUT2D eigenvalue weighted by Gasteiger charge is -2.38.